The Labute approximate surface area is 417 Å². The Morgan fingerprint density at radius 3 is 1.51 bits per heavy atom. The van der Waals surface area contributed by atoms with Crippen molar-refractivity contribution in [1.29, 1.82) is 0 Å². The predicted octanol–water partition coefficient (Wildman–Crippen LogP) is 5.32. The lowest BCUT2D eigenvalue weighted by molar-refractivity contribution is -0.153. The first-order valence-electron chi connectivity index (χ1n) is 24.1. The van der Waals surface area contributed by atoms with E-state index in [0.717, 1.165) is 0 Å². The highest BCUT2D eigenvalue weighted by molar-refractivity contribution is 5.96. The summed E-state index contributed by atoms with van der Waals surface area (Å²) in [6, 6.07) is 12.6. The number of hydrogen-bond donors (Lipinski definition) is 6. The Bertz CT molecular complexity index is 2080. The Kier molecular flexibility index (Phi) is 22.6. The topological polar surface area (TPSA) is 249 Å². The summed E-state index contributed by atoms with van der Waals surface area (Å²) in [6.45, 7) is 14.5. The van der Waals surface area contributed by atoms with Gasteiger partial charge in [-0.2, -0.15) is 0 Å². The van der Waals surface area contributed by atoms with Crippen LogP contribution in [0.1, 0.15) is 118 Å². The smallest absolute Gasteiger partial charge is 0.408 e. The lowest BCUT2D eigenvalue weighted by Gasteiger charge is -2.41. The number of nitrogens with zero attached hydrogens (tertiary/aromatic N) is 1. The van der Waals surface area contributed by atoms with Gasteiger partial charge >= 0.3 is 24.2 Å². The summed E-state index contributed by atoms with van der Waals surface area (Å²) in [4.78, 5) is 110. The van der Waals surface area contributed by atoms with E-state index in [1.807, 2.05) is 0 Å². The molecule has 20 heteroatoms. The summed E-state index contributed by atoms with van der Waals surface area (Å²) >= 11 is 0. The molecule has 2 aromatic rings. The highest BCUT2D eigenvalue weighted by atomic mass is 19.1. The van der Waals surface area contributed by atoms with Crippen LogP contribution in [0.3, 0.4) is 0 Å². The zero-order valence-electron chi connectivity index (χ0n) is 43.0. The van der Waals surface area contributed by atoms with Crippen molar-refractivity contribution in [3.63, 3.8) is 0 Å². The Morgan fingerprint density at radius 1 is 0.577 bits per heavy atom. The van der Waals surface area contributed by atoms with Gasteiger partial charge in [0, 0.05) is 32.5 Å². The first kappa shape index (κ1) is 58.8. The minimum atomic E-state index is -1.51. The normalized spacial score (nSPS) is 15.3. The lowest BCUT2D eigenvalue weighted by Crippen LogP contribution is -2.63. The quantitative estimate of drug-likeness (QED) is 0.0498. The number of likely N-dealkylation sites (tertiary alicyclic amines) is 1. The maximum Gasteiger partial charge on any atom is 0.408 e. The van der Waals surface area contributed by atoms with Gasteiger partial charge in [-0.3, -0.25) is 23.6 Å². The van der Waals surface area contributed by atoms with E-state index in [4.69, 9.17) is 18.9 Å². The minimum Gasteiger partial charge on any atom is -0.467 e. The minimum absolute atomic E-state index is 0.0345. The molecule has 3 rings (SSSR count). The standard InChI is InChI=1S/C51H76FN7O12/c1-48(2,3)69-45(65)53-29-18-17-24-37(43(63)59-30-26-51(27-31-59,44(64)68-10)58-47(67)71-50(7,8)9)55-40(60)36(25-19-28-52)54-41(61)38(32-34-20-13-11-14-21-34)56-42(62)39(33-35-22-15-12-16-23-35)57-46(66)70-49(4,5)6/h11-16,20-23,36-39H,17-19,24-33H2,1-10H3,(H,53,65)(H,54,61)(H,55,60)(H,56,62)(H,57,66)(H,58,67)/t36?,37-,38-,39-/m1/s1. The first-order chi connectivity index (χ1) is 33.2. The molecule has 1 aliphatic rings. The van der Waals surface area contributed by atoms with Crippen molar-refractivity contribution in [2.45, 2.75) is 167 Å². The summed E-state index contributed by atoms with van der Waals surface area (Å²) in [5, 5.41) is 16.2. The number of hydrogen-bond acceptors (Lipinski definition) is 12. The summed E-state index contributed by atoms with van der Waals surface area (Å²) < 4.78 is 35.1. The Morgan fingerprint density at radius 2 is 1.01 bits per heavy atom. The van der Waals surface area contributed by atoms with Gasteiger partial charge in [-0.05, 0) is 118 Å². The van der Waals surface area contributed by atoms with E-state index in [0.29, 0.717) is 24.0 Å². The maximum absolute atomic E-state index is 14.4. The summed E-state index contributed by atoms with van der Waals surface area (Å²) in [5.74, 6) is -3.56. The molecule has 6 N–H and O–H groups in total. The number of rotatable bonds is 22. The monoisotopic (exact) mass is 998 g/mol. The fourth-order valence-corrected chi connectivity index (χ4v) is 7.57. The van der Waals surface area contributed by atoms with Crippen molar-refractivity contribution in [1.82, 2.24) is 36.8 Å². The van der Waals surface area contributed by atoms with Crippen LogP contribution >= 0.6 is 0 Å². The van der Waals surface area contributed by atoms with Crippen LogP contribution in [0.25, 0.3) is 0 Å². The van der Waals surface area contributed by atoms with Gasteiger partial charge in [-0.25, -0.2) is 19.2 Å². The molecular formula is C51H76FN7O12. The van der Waals surface area contributed by atoms with Crippen molar-refractivity contribution in [2.24, 2.45) is 0 Å². The van der Waals surface area contributed by atoms with E-state index < -0.39 is 101 Å². The van der Waals surface area contributed by atoms with Gasteiger partial charge in [-0.15, -0.1) is 0 Å². The number of esters is 1. The molecule has 4 atom stereocenters. The molecule has 1 saturated heterocycles. The molecule has 1 unspecified atom stereocenters. The van der Waals surface area contributed by atoms with Gasteiger partial charge in [0.25, 0.3) is 0 Å². The maximum atomic E-state index is 14.4. The van der Waals surface area contributed by atoms with Gasteiger partial charge in [0.1, 0.15) is 46.5 Å². The molecule has 0 aliphatic carbocycles. The van der Waals surface area contributed by atoms with Crippen LogP contribution < -0.4 is 31.9 Å². The number of unbranched alkanes of at least 4 members (excludes halogenated alkanes) is 1. The number of ether oxygens (including phenoxy) is 4. The van der Waals surface area contributed by atoms with Crippen LogP contribution in [0, 0.1) is 0 Å². The third kappa shape index (κ3) is 21.6. The van der Waals surface area contributed by atoms with Crippen LogP contribution in [-0.2, 0) is 55.8 Å². The van der Waals surface area contributed by atoms with E-state index in [2.05, 4.69) is 31.9 Å². The summed E-state index contributed by atoms with van der Waals surface area (Å²) in [5.41, 5.74) is -2.61. The van der Waals surface area contributed by atoms with Crippen molar-refractivity contribution in [3.05, 3.63) is 71.8 Å². The van der Waals surface area contributed by atoms with E-state index in [9.17, 15) is 42.7 Å². The molecule has 7 amide bonds. The third-order valence-electron chi connectivity index (χ3n) is 10.9. The second-order valence-corrected chi connectivity index (χ2v) is 20.5. The van der Waals surface area contributed by atoms with Crippen LogP contribution in [0.4, 0.5) is 18.8 Å². The summed E-state index contributed by atoms with van der Waals surface area (Å²) in [7, 11) is 1.18. The van der Waals surface area contributed by atoms with E-state index in [-0.39, 0.29) is 64.6 Å². The highest BCUT2D eigenvalue weighted by Gasteiger charge is 2.46. The number of amides is 7. The third-order valence-corrected chi connectivity index (χ3v) is 10.9. The van der Waals surface area contributed by atoms with Gasteiger partial charge < -0.3 is 55.7 Å². The average Bonchev–Trinajstić information content (AvgIpc) is 3.27. The highest BCUT2D eigenvalue weighted by Crippen LogP contribution is 2.26. The first-order valence-corrected chi connectivity index (χ1v) is 24.1. The van der Waals surface area contributed by atoms with Crippen molar-refractivity contribution >= 4 is 47.9 Å². The molecule has 1 aliphatic heterocycles. The second kappa shape index (κ2) is 27.2. The van der Waals surface area contributed by atoms with Crippen molar-refractivity contribution in [2.75, 3.05) is 33.4 Å². The second-order valence-electron chi connectivity index (χ2n) is 20.5. The number of nitrogens with one attached hydrogen (secondary N) is 6. The van der Waals surface area contributed by atoms with Crippen LogP contribution in [0.2, 0.25) is 0 Å². The Hall–Kier alpha value is -6.47. The average molecular weight is 998 g/mol. The predicted molar refractivity (Wildman–Crippen MR) is 262 cm³/mol. The van der Waals surface area contributed by atoms with Gasteiger partial charge in [0.05, 0.1) is 13.8 Å². The van der Waals surface area contributed by atoms with E-state index in [1.165, 1.54) is 12.0 Å². The molecule has 71 heavy (non-hydrogen) atoms. The van der Waals surface area contributed by atoms with E-state index >= 15 is 0 Å². The number of piperidine rings is 1. The lowest BCUT2D eigenvalue weighted by atomic mass is 9.87. The fraction of sp³-hybridized carbons (Fsp3) is 0.608. The molecule has 0 saturated carbocycles. The molecule has 0 radical (unpaired) electrons. The van der Waals surface area contributed by atoms with Gasteiger partial charge in [0.15, 0.2) is 0 Å². The van der Waals surface area contributed by atoms with Crippen LogP contribution in [0.5, 0.6) is 0 Å². The number of halogens is 1. The number of alkyl carbamates (subject to hydrolysis) is 3. The largest absolute Gasteiger partial charge is 0.467 e. The molecule has 0 aromatic heterocycles. The number of carbonyl (C=O) groups excluding carboxylic acids is 8. The molecule has 394 valence electrons. The molecule has 1 heterocycles. The molecule has 19 nitrogen and oxygen atoms in total. The SMILES string of the molecule is COC(=O)C1(NC(=O)OC(C)(C)C)CCN(C(=O)[C@@H](CCCCNC(=O)OC(C)(C)C)NC(=O)C(CCCF)NC(=O)[C@@H](Cc2ccccc2)NC(=O)[C@@H](Cc2ccccc2)NC(=O)OC(C)(C)C)CC1. The molecule has 2 aromatic carbocycles. The summed E-state index contributed by atoms with van der Waals surface area (Å²) in [6.07, 6.45) is -1.97. The van der Waals surface area contributed by atoms with Crippen LogP contribution in [0.15, 0.2) is 60.7 Å². The zero-order valence-corrected chi connectivity index (χ0v) is 43.0. The van der Waals surface area contributed by atoms with Crippen molar-refractivity contribution in [3.8, 4) is 0 Å². The number of carbonyl (C=O) groups is 8. The Balaban J connectivity index is 1.91. The fourth-order valence-electron chi connectivity index (χ4n) is 7.57. The molecule has 1 fully saturated rings. The zero-order chi connectivity index (χ0) is 53.0. The van der Waals surface area contributed by atoms with Crippen molar-refractivity contribution < 1.29 is 61.7 Å². The number of benzene rings is 2. The molecular weight excluding hydrogens is 922 g/mol. The van der Waals surface area contributed by atoms with Crippen LogP contribution in [-0.4, -0.2) is 133 Å². The number of methoxy groups -OCH3 is 1. The van der Waals surface area contributed by atoms with Gasteiger partial charge in [0.2, 0.25) is 23.6 Å². The number of alkyl halides is 1. The van der Waals surface area contributed by atoms with Gasteiger partial charge in [-0.1, -0.05) is 60.7 Å². The molecule has 0 spiro atoms. The van der Waals surface area contributed by atoms with E-state index in [1.54, 1.807) is 123 Å². The molecule has 0 bridgehead atoms.